The van der Waals surface area contributed by atoms with E-state index in [4.69, 9.17) is 16.3 Å². The number of esters is 1. The number of nitrogens with zero attached hydrogens (tertiary/aromatic N) is 3. The molecule has 1 saturated heterocycles. The van der Waals surface area contributed by atoms with Gasteiger partial charge >= 0.3 is 5.97 Å². The predicted octanol–water partition coefficient (Wildman–Crippen LogP) is 2.24. The molecule has 0 aliphatic carbocycles. The number of ether oxygens (including phenoxy) is 1. The summed E-state index contributed by atoms with van der Waals surface area (Å²) in [6.45, 7) is 2.25. The Morgan fingerprint density at radius 3 is 2.40 bits per heavy atom. The highest BCUT2D eigenvalue weighted by Gasteiger charge is 2.23. The van der Waals surface area contributed by atoms with Crippen LogP contribution in [0.15, 0.2) is 48.8 Å². The van der Waals surface area contributed by atoms with Gasteiger partial charge in [-0.15, -0.1) is 0 Å². The third-order valence-corrected chi connectivity index (χ3v) is 4.39. The number of hydrogen-bond donors (Lipinski definition) is 0. The highest BCUT2D eigenvalue weighted by atomic mass is 35.5. The van der Waals surface area contributed by atoms with E-state index in [1.807, 2.05) is 24.3 Å². The van der Waals surface area contributed by atoms with Crippen LogP contribution in [0.5, 0.6) is 0 Å². The van der Waals surface area contributed by atoms with E-state index in [-0.39, 0.29) is 12.5 Å². The van der Waals surface area contributed by atoms with Gasteiger partial charge in [0.2, 0.25) is 0 Å². The molecule has 25 heavy (non-hydrogen) atoms. The normalized spacial score (nSPS) is 14.3. The van der Waals surface area contributed by atoms with Gasteiger partial charge in [-0.05, 0) is 24.3 Å². The van der Waals surface area contributed by atoms with Crippen molar-refractivity contribution in [3.05, 3.63) is 59.4 Å². The van der Waals surface area contributed by atoms with E-state index in [0.29, 0.717) is 36.8 Å². The molecule has 0 unspecified atom stereocenters. The molecule has 1 aromatic carbocycles. The van der Waals surface area contributed by atoms with Crippen molar-refractivity contribution in [2.45, 2.75) is 0 Å². The van der Waals surface area contributed by atoms with Crippen LogP contribution in [0.25, 0.3) is 0 Å². The summed E-state index contributed by atoms with van der Waals surface area (Å²) in [5.74, 6) is -0.716. The first kappa shape index (κ1) is 17.2. The number of amides is 1. The number of anilines is 1. The molecule has 1 amide bonds. The SMILES string of the molecule is O=C(OCC(=O)N1CCN(c2ccccc2Cl)CC1)c1ccncc1. The number of carbonyl (C=O) groups excluding carboxylic acids is 2. The fourth-order valence-electron chi connectivity index (χ4n) is 2.69. The Labute approximate surface area is 151 Å². The summed E-state index contributed by atoms with van der Waals surface area (Å²) in [6.07, 6.45) is 3.01. The summed E-state index contributed by atoms with van der Waals surface area (Å²) < 4.78 is 5.08. The third-order valence-electron chi connectivity index (χ3n) is 4.07. The van der Waals surface area contributed by atoms with Crippen LogP contribution in [0, 0.1) is 0 Å². The monoisotopic (exact) mass is 359 g/mol. The van der Waals surface area contributed by atoms with E-state index in [0.717, 1.165) is 5.69 Å². The first-order valence-corrected chi connectivity index (χ1v) is 8.37. The smallest absolute Gasteiger partial charge is 0.338 e. The van der Waals surface area contributed by atoms with Gasteiger partial charge in [0, 0.05) is 38.6 Å². The minimum atomic E-state index is -0.523. The largest absolute Gasteiger partial charge is 0.452 e. The number of rotatable bonds is 4. The van der Waals surface area contributed by atoms with Gasteiger partial charge in [0.05, 0.1) is 16.3 Å². The molecule has 0 spiro atoms. The van der Waals surface area contributed by atoms with Gasteiger partial charge in [-0.2, -0.15) is 0 Å². The second-order valence-electron chi connectivity index (χ2n) is 5.63. The minimum absolute atomic E-state index is 0.193. The van der Waals surface area contributed by atoms with Crippen molar-refractivity contribution in [1.29, 1.82) is 0 Å². The summed E-state index contributed by atoms with van der Waals surface area (Å²) in [4.78, 5) is 31.8. The average molecular weight is 360 g/mol. The van der Waals surface area contributed by atoms with Crippen LogP contribution in [0.2, 0.25) is 5.02 Å². The van der Waals surface area contributed by atoms with Crippen LogP contribution in [0.1, 0.15) is 10.4 Å². The van der Waals surface area contributed by atoms with Gasteiger partial charge in [0.15, 0.2) is 6.61 Å². The van der Waals surface area contributed by atoms with Crippen LogP contribution in [0.4, 0.5) is 5.69 Å². The molecule has 1 aliphatic rings. The zero-order valence-electron chi connectivity index (χ0n) is 13.6. The Morgan fingerprint density at radius 2 is 1.72 bits per heavy atom. The van der Waals surface area contributed by atoms with Crippen molar-refractivity contribution >= 4 is 29.2 Å². The van der Waals surface area contributed by atoms with Gasteiger partial charge < -0.3 is 14.5 Å². The second kappa shape index (κ2) is 7.98. The molecule has 3 rings (SSSR count). The summed E-state index contributed by atoms with van der Waals surface area (Å²) in [5, 5.41) is 0.702. The summed E-state index contributed by atoms with van der Waals surface area (Å²) >= 11 is 6.22. The Balaban J connectivity index is 1.49. The van der Waals surface area contributed by atoms with Crippen molar-refractivity contribution in [2.75, 3.05) is 37.7 Å². The topological polar surface area (TPSA) is 62.7 Å². The molecule has 0 saturated carbocycles. The minimum Gasteiger partial charge on any atom is -0.452 e. The fraction of sp³-hybridized carbons (Fsp3) is 0.278. The number of piperazine rings is 1. The van der Waals surface area contributed by atoms with Crippen molar-refractivity contribution in [1.82, 2.24) is 9.88 Å². The lowest BCUT2D eigenvalue weighted by Crippen LogP contribution is -2.50. The number of benzene rings is 1. The van der Waals surface area contributed by atoms with E-state index >= 15 is 0 Å². The van der Waals surface area contributed by atoms with E-state index in [1.54, 1.807) is 17.0 Å². The van der Waals surface area contributed by atoms with Crippen molar-refractivity contribution < 1.29 is 14.3 Å². The van der Waals surface area contributed by atoms with Crippen LogP contribution in [0.3, 0.4) is 0 Å². The zero-order valence-corrected chi connectivity index (χ0v) is 14.4. The van der Waals surface area contributed by atoms with Crippen molar-refractivity contribution in [2.24, 2.45) is 0 Å². The molecule has 130 valence electrons. The first-order valence-electron chi connectivity index (χ1n) is 7.99. The molecule has 0 atom stereocenters. The van der Waals surface area contributed by atoms with E-state index < -0.39 is 5.97 Å². The van der Waals surface area contributed by atoms with Gasteiger partial charge in [-0.25, -0.2) is 4.79 Å². The van der Waals surface area contributed by atoms with Gasteiger partial charge in [0.1, 0.15) is 0 Å². The molecular formula is C18H18ClN3O3. The maximum Gasteiger partial charge on any atom is 0.338 e. The maximum absolute atomic E-state index is 12.2. The average Bonchev–Trinajstić information content (AvgIpc) is 2.67. The molecule has 1 aromatic heterocycles. The van der Waals surface area contributed by atoms with Crippen molar-refractivity contribution in [3.8, 4) is 0 Å². The standard InChI is InChI=1S/C18H18ClN3O3/c19-15-3-1-2-4-16(15)21-9-11-22(12-10-21)17(23)13-25-18(24)14-5-7-20-8-6-14/h1-8H,9-13H2. The molecule has 2 heterocycles. The van der Waals surface area contributed by atoms with Crippen LogP contribution in [-0.4, -0.2) is 54.5 Å². The van der Waals surface area contributed by atoms with Gasteiger partial charge in [0.25, 0.3) is 5.91 Å². The molecule has 7 heteroatoms. The number of hydrogen-bond acceptors (Lipinski definition) is 5. The van der Waals surface area contributed by atoms with Crippen molar-refractivity contribution in [3.63, 3.8) is 0 Å². The molecule has 2 aromatic rings. The quantitative estimate of drug-likeness (QED) is 0.783. The summed E-state index contributed by atoms with van der Waals surface area (Å²) in [5.41, 5.74) is 1.35. The number of pyridine rings is 1. The maximum atomic E-state index is 12.2. The highest BCUT2D eigenvalue weighted by Crippen LogP contribution is 2.25. The first-order chi connectivity index (χ1) is 12.1. The predicted molar refractivity (Wildman–Crippen MR) is 94.8 cm³/mol. The Bertz CT molecular complexity index is 746. The molecule has 0 N–H and O–H groups in total. The Kier molecular flexibility index (Phi) is 5.50. The van der Waals surface area contributed by atoms with Crippen LogP contribution in [-0.2, 0) is 9.53 Å². The van der Waals surface area contributed by atoms with E-state index in [9.17, 15) is 9.59 Å². The molecule has 0 bridgehead atoms. The zero-order chi connectivity index (χ0) is 17.6. The number of para-hydroxylation sites is 1. The summed E-state index contributed by atoms with van der Waals surface area (Å²) in [7, 11) is 0. The van der Waals surface area contributed by atoms with Crippen LogP contribution < -0.4 is 4.90 Å². The number of halogens is 1. The lowest BCUT2D eigenvalue weighted by Gasteiger charge is -2.36. The lowest BCUT2D eigenvalue weighted by atomic mass is 10.2. The molecule has 6 nitrogen and oxygen atoms in total. The molecule has 1 aliphatic heterocycles. The fourth-order valence-corrected chi connectivity index (χ4v) is 2.95. The Hall–Kier alpha value is -2.60. The summed E-state index contributed by atoms with van der Waals surface area (Å²) in [6, 6.07) is 10.8. The number of aromatic nitrogens is 1. The van der Waals surface area contributed by atoms with E-state index in [1.165, 1.54) is 12.4 Å². The van der Waals surface area contributed by atoms with E-state index in [2.05, 4.69) is 9.88 Å². The lowest BCUT2D eigenvalue weighted by molar-refractivity contribution is -0.134. The Morgan fingerprint density at radius 1 is 1.04 bits per heavy atom. The van der Waals surface area contributed by atoms with Gasteiger partial charge in [-0.1, -0.05) is 23.7 Å². The number of carbonyl (C=O) groups is 2. The molecule has 0 radical (unpaired) electrons. The highest BCUT2D eigenvalue weighted by molar-refractivity contribution is 6.33. The third kappa shape index (κ3) is 4.28. The molecular weight excluding hydrogens is 342 g/mol. The van der Waals surface area contributed by atoms with Gasteiger partial charge in [-0.3, -0.25) is 9.78 Å². The van der Waals surface area contributed by atoms with Crippen LogP contribution >= 0.6 is 11.6 Å². The second-order valence-corrected chi connectivity index (χ2v) is 6.04. The molecule has 1 fully saturated rings.